The molecule has 0 heterocycles. The Hall–Kier alpha value is -0.570. The fraction of sp³-hybridized carbons (Fsp3) is 0.571. The van der Waals surface area contributed by atoms with Gasteiger partial charge < -0.3 is 10.4 Å². The molecule has 2 nitrogen and oxygen atoms in total. The summed E-state index contributed by atoms with van der Waals surface area (Å²) in [7, 11) is 0. The summed E-state index contributed by atoms with van der Waals surface area (Å²) >= 11 is 6.02. The summed E-state index contributed by atoms with van der Waals surface area (Å²) < 4.78 is 0. The van der Waals surface area contributed by atoms with Crippen molar-refractivity contribution in [1.29, 1.82) is 0 Å². The van der Waals surface area contributed by atoms with E-state index in [9.17, 15) is 5.11 Å². The van der Waals surface area contributed by atoms with Crippen molar-refractivity contribution in [2.24, 2.45) is 11.8 Å². The Morgan fingerprint density at radius 2 is 1.82 bits per heavy atom. The van der Waals surface area contributed by atoms with Crippen LogP contribution in [-0.2, 0) is 0 Å². The maximum Gasteiger partial charge on any atom is 0.0928 e. The van der Waals surface area contributed by atoms with E-state index in [-0.39, 0.29) is 0 Å². The first-order valence-electron chi connectivity index (χ1n) is 6.15. The number of hydrogen-bond acceptors (Lipinski definition) is 2. The number of hydrogen-bond donors (Lipinski definition) is 2. The molecule has 2 atom stereocenters. The summed E-state index contributed by atoms with van der Waals surface area (Å²) in [5.41, 5.74) is 0.791. The third-order valence-electron chi connectivity index (χ3n) is 3.21. The second-order valence-electron chi connectivity index (χ2n) is 4.92. The lowest BCUT2D eigenvalue weighted by atomic mass is 9.98. The lowest BCUT2D eigenvalue weighted by molar-refractivity contribution is 0.171. The maximum absolute atomic E-state index is 10.0. The van der Waals surface area contributed by atoms with Gasteiger partial charge in [-0.05, 0) is 24.4 Å². The van der Waals surface area contributed by atoms with Crippen LogP contribution >= 0.6 is 11.6 Å². The molecule has 1 aromatic rings. The molecule has 1 rings (SSSR count). The molecule has 0 bridgehead atoms. The van der Waals surface area contributed by atoms with Gasteiger partial charge in [-0.15, -0.1) is 0 Å². The molecule has 96 valence electrons. The van der Waals surface area contributed by atoms with Crippen molar-refractivity contribution in [2.45, 2.75) is 26.9 Å². The SMILES string of the molecule is CC(C)C(C)CNCC(O)c1ccccc1Cl. The number of nitrogens with one attached hydrogen (secondary N) is 1. The van der Waals surface area contributed by atoms with E-state index in [0.717, 1.165) is 12.1 Å². The molecule has 2 N–H and O–H groups in total. The minimum atomic E-state index is -0.539. The molecule has 0 amide bonds. The standard InChI is InChI=1S/C14H22ClNO/c1-10(2)11(3)8-16-9-14(17)12-6-4-5-7-13(12)15/h4-7,10-11,14,16-17H,8-9H2,1-3H3. The van der Waals surface area contributed by atoms with Gasteiger partial charge in [0.05, 0.1) is 6.10 Å². The van der Waals surface area contributed by atoms with Gasteiger partial charge >= 0.3 is 0 Å². The van der Waals surface area contributed by atoms with Crippen LogP contribution in [-0.4, -0.2) is 18.2 Å². The molecule has 2 unspecified atom stereocenters. The van der Waals surface area contributed by atoms with Gasteiger partial charge in [0.2, 0.25) is 0 Å². The summed E-state index contributed by atoms with van der Waals surface area (Å²) in [4.78, 5) is 0. The second kappa shape index (κ2) is 7.00. The molecule has 0 aliphatic rings. The Balaban J connectivity index is 2.40. The van der Waals surface area contributed by atoms with Gasteiger partial charge in [-0.2, -0.15) is 0 Å². The van der Waals surface area contributed by atoms with Crippen molar-refractivity contribution in [2.75, 3.05) is 13.1 Å². The molecular formula is C14H22ClNO. The number of halogens is 1. The minimum Gasteiger partial charge on any atom is -0.387 e. The Bertz CT molecular complexity index is 341. The third-order valence-corrected chi connectivity index (χ3v) is 3.55. The second-order valence-corrected chi connectivity index (χ2v) is 5.32. The molecule has 0 spiro atoms. The highest BCUT2D eigenvalue weighted by atomic mass is 35.5. The first-order chi connectivity index (χ1) is 8.02. The van der Waals surface area contributed by atoms with E-state index in [1.165, 1.54) is 0 Å². The van der Waals surface area contributed by atoms with Gasteiger partial charge in [-0.25, -0.2) is 0 Å². The van der Waals surface area contributed by atoms with Crippen molar-refractivity contribution in [1.82, 2.24) is 5.32 Å². The maximum atomic E-state index is 10.0. The highest BCUT2D eigenvalue weighted by molar-refractivity contribution is 6.31. The molecule has 0 aliphatic heterocycles. The van der Waals surface area contributed by atoms with Gasteiger partial charge in [0, 0.05) is 17.1 Å². The smallest absolute Gasteiger partial charge is 0.0928 e. The normalized spacial score (nSPS) is 14.9. The molecular weight excluding hydrogens is 234 g/mol. The fourth-order valence-electron chi connectivity index (χ4n) is 1.54. The van der Waals surface area contributed by atoms with Gasteiger partial charge in [-0.3, -0.25) is 0 Å². The molecule has 0 aromatic heterocycles. The average Bonchev–Trinajstić information content (AvgIpc) is 2.29. The molecule has 0 saturated heterocycles. The molecule has 1 aromatic carbocycles. The summed E-state index contributed by atoms with van der Waals surface area (Å²) in [5, 5.41) is 13.9. The topological polar surface area (TPSA) is 32.3 Å². The zero-order chi connectivity index (χ0) is 12.8. The van der Waals surface area contributed by atoms with Crippen LogP contribution < -0.4 is 5.32 Å². The Morgan fingerprint density at radius 3 is 2.41 bits per heavy atom. The van der Waals surface area contributed by atoms with Crippen LogP contribution in [0.15, 0.2) is 24.3 Å². The van der Waals surface area contributed by atoms with Crippen LogP contribution in [0.2, 0.25) is 5.02 Å². The van der Waals surface area contributed by atoms with E-state index in [0.29, 0.717) is 23.4 Å². The Kier molecular flexibility index (Phi) is 5.96. The highest BCUT2D eigenvalue weighted by Crippen LogP contribution is 2.21. The zero-order valence-corrected chi connectivity index (χ0v) is 11.5. The lowest BCUT2D eigenvalue weighted by Crippen LogP contribution is -2.28. The zero-order valence-electron chi connectivity index (χ0n) is 10.8. The van der Waals surface area contributed by atoms with Crippen molar-refractivity contribution >= 4 is 11.6 Å². The first-order valence-corrected chi connectivity index (χ1v) is 6.53. The van der Waals surface area contributed by atoms with E-state index in [2.05, 4.69) is 26.1 Å². The lowest BCUT2D eigenvalue weighted by Gasteiger charge is -2.18. The number of benzene rings is 1. The van der Waals surface area contributed by atoms with Gasteiger partial charge in [0.15, 0.2) is 0 Å². The van der Waals surface area contributed by atoms with E-state index >= 15 is 0 Å². The third kappa shape index (κ3) is 4.66. The molecule has 0 fully saturated rings. The first kappa shape index (κ1) is 14.5. The minimum absolute atomic E-state index is 0.539. The van der Waals surface area contributed by atoms with E-state index in [1.807, 2.05) is 18.2 Å². The van der Waals surface area contributed by atoms with Crippen molar-refractivity contribution in [3.8, 4) is 0 Å². The predicted molar refractivity (Wildman–Crippen MR) is 73.3 cm³/mol. The van der Waals surface area contributed by atoms with Crippen LogP contribution in [0.4, 0.5) is 0 Å². The van der Waals surface area contributed by atoms with Crippen molar-refractivity contribution < 1.29 is 5.11 Å². The summed E-state index contributed by atoms with van der Waals surface area (Å²) in [6.45, 7) is 8.08. The van der Waals surface area contributed by atoms with E-state index in [1.54, 1.807) is 6.07 Å². The molecule has 3 heteroatoms. The number of rotatable bonds is 6. The van der Waals surface area contributed by atoms with Crippen LogP contribution in [0.25, 0.3) is 0 Å². The largest absolute Gasteiger partial charge is 0.387 e. The Morgan fingerprint density at radius 1 is 1.18 bits per heavy atom. The average molecular weight is 256 g/mol. The summed E-state index contributed by atoms with van der Waals surface area (Å²) in [5.74, 6) is 1.26. The summed E-state index contributed by atoms with van der Waals surface area (Å²) in [6, 6.07) is 7.42. The Labute approximate surface area is 109 Å². The van der Waals surface area contributed by atoms with Gasteiger partial charge in [0.1, 0.15) is 0 Å². The quantitative estimate of drug-likeness (QED) is 0.818. The van der Waals surface area contributed by atoms with Crippen LogP contribution in [0.1, 0.15) is 32.4 Å². The van der Waals surface area contributed by atoms with Crippen molar-refractivity contribution in [3.63, 3.8) is 0 Å². The predicted octanol–water partition coefficient (Wildman–Crippen LogP) is 3.26. The fourth-order valence-corrected chi connectivity index (χ4v) is 1.80. The molecule has 17 heavy (non-hydrogen) atoms. The van der Waals surface area contributed by atoms with E-state index < -0.39 is 6.10 Å². The number of aliphatic hydroxyl groups is 1. The van der Waals surface area contributed by atoms with Crippen molar-refractivity contribution in [3.05, 3.63) is 34.9 Å². The van der Waals surface area contributed by atoms with E-state index in [4.69, 9.17) is 11.6 Å². The number of aliphatic hydroxyl groups excluding tert-OH is 1. The molecule has 0 aliphatic carbocycles. The van der Waals surface area contributed by atoms with Crippen LogP contribution in [0.3, 0.4) is 0 Å². The van der Waals surface area contributed by atoms with Gasteiger partial charge in [-0.1, -0.05) is 50.6 Å². The van der Waals surface area contributed by atoms with Gasteiger partial charge in [0.25, 0.3) is 0 Å². The molecule has 0 saturated carbocycles. The summed E-state index contributed by atoms with van der Waals surface area (Å²) in [6.07, 6.45) is -0.539. The van der Waals surface area contributed by atoms with Crippen LogP contribution in [0, 0.1) is 11.8 Å². The highest BCUT2D eigenvalue weighted by Gasteiger charge is 2.12. The molecule has 0 radical (unpaired) electrons. The monoisotopic (exact) mass is 255 g/mol. The van der Waals surface area contributed by atoms with Crippen LogP contribution in [0.5, 0.6) is 0 Å².